The molecule has 5 nitrogen and oxygen atoms in total. The minimum Gasteiger partial charge on any atom is -0.493 e. The van der Waals surface area contributed by atoms with Crippen molar-refractivity contribution in [2.24, 2.45) is 11.8 Å². The van der Waals surface area contributed by atoms with Crippen molar-refractivity contribution in [2.45, 2.75) is 88.0 Å². The summed E-state index contributed by atoms with van der Waals surface area (Å²) in [6.45, 7) is 2.09. The van der Waals surface area contributed by atoms with Gasteiger partial charge in [0.25, 0.3) is 0 Å². The number of aryl methyl sites for hydroxylation is 1. The van der Waals surface area contributed by atoms with Crippen molar-refractivity contribution in [1.29, 1.82) is 0 Å². The highest BCUT2D eigenvalue weighted by Crippen LogP contribution is 2.56. The largest absolute Gasteiger partial charge is 0.493 e. The van der Waals surface area contributed by atoms with Crippen LogP contribution in [0.1, 0.15) is 80.2 Å². The van der Waals surface area contributed by atoms with Gasteiger partial charge in [-0.1, -0.05) is 48.9 Å². The molecule has 0 radical (unpaired) electrons. The summed E-state index contributed by atoms with van der Waals surface area (Å²) in [5, 5.41) is 14.2. The van der Waals surface area contributed by atoms with Gasteiger partial charge in [-0.15, -0.1) is 0 Å². The zero-order chi connectivity index (χ0) is 30.2. The van der Waals surface area contributed by atoms with Gasteiger partial charge in [0.2, 0.25) is 6.43 Å². The number of carboxylic acids is 1. The van der Waals surface area contributed by atoms with Crippen LogP contribution < -0.4 is 10.1 Å². The number of anilines is 1. The number of alkyl halides is 2. The number of halogens is 3. The van der Waals surface area contributed by atoms with E-state index in [9.17, 15) is 18.7 Å². The van der Waals surface area contributed by atoms with Crippen LogP contribution >= 0.6 is 11.6 Å². The van der Waals surface area contributed by atoms with Gasteiger partial charge in [-0.05, 0) is 110 Å². The summed E-state index contributed by atoms with van der Waals surface area (Å²) in [6, 6.07) is 17.1. The van der Waals surface area contributed by atoms with Crippen LogP contribution in [-0.4, -0.2) is 34.6 Å². The van der Waals surface area contributed by atoms with Crippen molar-refractivity contribution in [1.82, 2.24) is 4.98 Å². The van der Waals surface area contributed by atoms with Crippen molar-refractivity contribution in [2.75, 3.05) is 11.9 Å². The minimum absolute atomic E-state index is 0.0317. The van der Waals surface area contributed by atoms with Crippen LogP contribution in [0.4, 0.5) is 14.5 Å². The number of nitrogens with zero attached hydrogens (tertiary/aromatic N) is 1. The normalized spacial score (nSPS) is 27.0. The Morgan fingerprint density at radius 2 is 1.93 bits per heavy atom. The predicted molar refractivity (Wildman–Crippen MR) is 164 cm³/mol. The van der Waals surface area contributed by atoms with Crippen molar-refractivity contribution in [3.8, 4) is 5.75 Å². The SMILES string of the molecule is C[C@@H]1CCCc2nccc(OC[C@@H](C[C@@H]3Cc4ccccc4C34CCC(Nc3cccc(Cl)c3)(C(=O)O)CC4)C(F)F)c21. The number of pyridine rings is 1. The molecule has 1 spiro atoms. The molecule has 3 aliphatic carbocycles. The summed E-state index contributed by atoms with van der Waals surface area (Å²) in [5.74, 6) is -0.894. The van der Waals surface area contributed by atoms with Crippen LogP contribution in [0.5, 0.6) is 5.75 Å². The van der Waals surface area contributed by atoms with Gasteiger partial charge in [0.15, 0.2) is 0 Å². The highest BCUT2D eigenvalue weighted by molar-refractivity contribution is 6.30. The monoisotopic (exact) mass is 608 g/mol. The maximum absolute atomic E-state index is 14.7. The number of carboxylic acid groups (broad SMARTS) is 1. The number of fused-ring (bicyclic) bond motifs is 3. The molecule has 0 unspecified atom stereocenters. The summed E-state index contributed by atoms with van der Waals surface area (Å²) in [7, 11) is 0. The lowest BCUT2D eigenvalue weighted by Gasteiger charge is -2.47. The molecule has 3 aliphatic rings. The summed E-state index contributed by atoms with van der Waals surface area (Å²) in [5.41, 5.74) is 3.61. The predicted octanol–water partition coefficient (Wildman–Crippen LogP) is 8.44. The van der Waals surface area contributed by atoms with E-state index in [1.165, 1.54) is 11.1 Å². The molecular formula is C35H39ClF2N2O3. The van der Waals surface area contributed by atoms with E-state index in [2.05, 4.69) is 29.4 Å². The Morgan fingerprint density at radius 1 is 1.14 bits per heavy atom. The number of carbonyl (C=O) groups is 1. The van der Waals surface area contributed by atoms with Gasteiger partial charge in [-0.25, -0.2) is 13.6 Å². The summed E-state index contributed by atoms with van der Waals surface area (Å²) in [4.78, 5) is 17.2. The molecule has 1 aromatic heterocycles. The summed E-state index contributed by atoms with van der Waals surface area (Å²) >= 11 is 6.18. The first-order valence-corrected chi connectivity index (χ1v) is 15.8. The Labute approximate surface area is 257 Å². The zero-order valence-electron chi connectivity index (χ0n) is 24.5. The molecule has 2 aromatic carbocycles. The van der Waals surface area contributed by atoms with Gasteiger partial charge < -0.3 is 15.2 Å². The fourth-order valence-electron chi connectivity index (χ4n) is 8.08. The smallest absolute Gasteiger partial charge is 0.329 e. The molecule has 3 atom stereocenters. The molecule has 228 valence electrons. The van der Waals surface area contributed by atoms with E-state index in [0.717, 1.165) is 30.5 Å². The fraction of sp³-hybridized carbons (Fsp3) is 0.486. The molecule has 0 bridgehead atoms. The van der Waals surface area contributed by atoms with Gasteiger partial charge in [0, 0.05) is 28.2 Å². The number of rotatable bonds is 9. The van der Waals surface area contributed by atoms with Crippen LogP contribution in [0.2, 0.25) is 5.02 Å². The summed E-state index contributed by atoms with van der Waals surface area (Å²) < 4.78 is 35.5. The number of hydrogen-bond acceptors (Lipinski definition) is 4. The van der Waals surface area contributed by atoms with E-state index < -0.39 is 23.9 Å². The molecule has 8 heteroatoms. The van der Waals surface area contributed by atoms with E-state index >= 15 is 0 Å². The molecule has 0 amide bonds. The van der Waals surface area contributed by atoms with Gasteiger partial charge >= 0.3 is 5.97 Å². The van der Waals surface area contributed by atoms with Crippen molar-refractivity contribution in [3.05, 3.63) is 88.2 Å². The molecule has 0 saturated heterocycles. The number of benzene rings is 2. The molecule has 1 fully saturated rings. The van der Waals surface area contributed by atoms with Crippen LogP contribution in [0.25, 0.3) is 0 Å². The van der Waals surface area contributed by atoms with Crippen LogP contribution in [0.15, 0.2) is 60.8 Å². The third-order valence-corrected chi connectivity index (χ3v) is 10.6. The van der Waals surface area contributed by atoms with E-state index in [1.807, 2.05) is 24.3 Å². The van der Waals surface area contributed by atoms with Gasteiger partial charge in [-0.3, -0.25) is 4.98 Å². The first-order valence-electron chi connectivity index (χ1n) is 15.4. The maximum Gasteiger partial charge on any atom is 0.329 e. The second-order valence-corrected chi connectivity index (χ2v) is 13.3. The van der Waals surface area contributed by atoms with E-state index in [1.54, 1.807) is 24.4 Å². The van der Waals surface area contributed by atoms with Crippen molar-refractivity contribution >= 4 is 23.3 Å². The Morgan fingerprint density at radius 3 is 2.67 bits per heavy atom. The lowest BCUT2D eigenvalue weighted by atomic mass is 9.59. The van der Waals surface area contributed by atoms with Crippen LogP contribution in [-0.2, 0) is 23.1 Å². The standard InChI is InChI=1S/C35H39ClF2N2O3/c1-22-6-4-11-29-31(22)30(12-17-39-29)43-21-24(32(37)38)19-25-18-23-7-2-3-10-28(23)34(25)13-15-35(16-14-34,33(41)42)40-27-9-5-8-26(36)20-27/h2-3,5,7-10,12,17,20,22,24-25,32,40H,4,6,11,13-16,18-19,21H2,1H3,(H,41,42)/t22-,24-,25+,34?,35?/m1/s1. The highest BCUT2D eigenvalue weighted by atomic mass is 35.5. The van der Waals surface area contributed by atoms with Crippen molar-refractivity contribution < 1.29 is 23.4 Å². The zero-order valence-corrected chi connectivity index (χ0v) is 25.3. The average Bonchev–Trinajstić information content (AvgIpc) is 3.28. The Kier molecular flexibility index (Phi) is 8.38. The first-order chi connectivity index (χ1) is 20.7. The Hall–Kier alpha value is -3.19. The van der Waals surface area contributed by atoms with E-state index in [0.29, 0.717) is 60.9 Å². The number of aliphatic carboxylic acids is 1. The number of hydrogen-bond donors (Lipinski definition) is 2. The second kappa shape index (κ2) is 12.1. The van der Waals surface area contributed by atoms with Crippen LogP contribution in [0.3, 0.4) is 0 Å². The third-order valence-electron chi connectivity index (χ3n) is 10.4. The fourth-order valence-corrected chi connectivity index (χ4v) is 8.27. The molecule has 43 heavy (non-hydrogen) atoms. The second-order valence-electron chi connectivity index (χ2n) is 12.8. The molecule has 0 aliphatic heterocycles. The van der Waals surface area contributed by atoms with Crippen molar-refractivity contribution in [3.63, 3.8) is 0 Å². The number of ether oxygens (including phenoxy) is 1. The van der Waals surface area contributed by atoms with Gasteiger partial charge in [-0.2, -0.15) is 0 Å². The highest BCUT2D eigenvalue weighted by Gasteiger charge is 2.54. The molecule has 2 N–H and O–H groups in total. The van der Waals surface area contributed by atoms with Gasteiger partial charge in [0.1, 0.15) is 11.3 Å². The molecule has 1 saturated carbocycles. The Bertz CT molecular complexity index is 1470. The molecular weight excluding hydrogens is 570 g/mol. The van der Waals surface area contributed by atoms with E-state index in [4.69, 9.17) is 16.3 Å². The maximum atomic E-state index is 14.7. The topological polar surface area (TPSA) is 71.5 Å². The van der Waals surface area contributed by atoms with Crippen LogP contribution in [0, 0.1) is 11.8 Å². The lowest BCUT2D eigenvalue weighted by molar-refractivity contribution is -0.144. The summed E-state index contributed by atoms with van der Waals surface area (Å²) in [6.07, 6.45) is 5.20. The average molecular weight is 609 g/mol. The van der Waals surface area contributed by atoms with Gasteiger partial charge in [0.05, 0.1) is 12.5 Å². The number of nitrogens with one attached hydrogen (secondary N) is 1. The minimum atomic E-state index is -2.53. The lowest BCUT2D eigenvalue weighted by Crippen LogP contribution is -2.53. The molecule has 1 heterocycles. The Balaban J connectivity index is 1.23. The quantitative estimate of drug-likeness (QED) is 0.255. The third kappa shape index (κ3) is 5.73. The number of aromatic nitrogens is 1. The van der Waals surface area contributed by atoms with E-state index in [-0.39, 0.29) is 17.9 Å². The molecule has 6 rings (SSSR count). The first kappa shape index (κ1) is 29.9. The molecule has 3 aromatic rings.